The van der Waals surface area contributed by atoms with Crippen LogP contribution < -0.4 is 0 Å². The molecule has 1 aliphatic rings. The van der Waals surface area contributed by atoms with Gasteiger partial charge in [-0.05, 0) is 26.2 Å². The quantitative estimate of drug-likeness (QED) is 0.771. The summed E-state index contributed by atoms with van der Waals surface area (Å²) in [6.45, 7) is 6.64. The lowest BCUT2D eigenvalue weighted by Gasteiger charge is -2.21. The maximum atomic E-state index is 8.76. The molecular weight excluding hydrogens is 260 g/mol. The van der Waals surface area contributed by atoms with Gasteiger partial charge in [-0.3, -0.25) is 9.58 Å². The molecule has 2 rings (SSSR count). The second-order valence-electron chi connectivity index (χ2n) is 4.99. The minimum absolute atomic E-state index is 0.578. The third-order valence-corrected chi connectivity index (χ3v) is 4.06. The van der Waals surface area contributed by atoms with E-state index in [0.29, 0.717) is 12.5 Å². The molecule has 0 bridgehead atoms. The van der Waals surface area contributed by atoms with E-state index in [0.717, 1.165) is 42.5 Å². The second-order valence-corrected chi connectivity index (χ2v) is 5.36. The summed E-state index contributed by atoms with van der Waals surface area (Å²) in [7, 11) is 0. The Hall–Kier alpha value is -1.05. The lowest BCUT2D eigenvalue weighted by Crippen LogP contribution is -2.28. The Labute approximate surface area is 120 Å². The van der Waals surface area contributed by atoms with Crippen LogP contribution in [0.4, 0.5) is 0 Å². The molecule has 19 heavy (non-hydrogen) atoms. The van der Waals surface area contributed by atoms with Gasteiger partial charge in [0.1, 0.15) is 0 Å². The fourth-order valence-corrected chi connectivity index (χ4v) is 2.71. The van der Waals surface area contributed by atoms with Crippen LogP contribution in [0.2, 0.25) is 5.02 Å². The molecule has 1 aromatic rings. The molecule has 0 atom stereocenters. The number of hydrogen-bond donors (Lipinski definition) is 0. The van der Waals surface area contributed by atoms with Crippen molar-refractivity contribution in [3.05, 3.63) is 16.4 Å². The number of halogens is 1. The summed E-state index contributed by atoms with van der Waals surface area (Å²) >= 11 is 6.44. The van der Waals surface area contributed by atoms with Gasteiger partial charge in [-0.1, -0.05) is 18.5 Å². The minimum Gasteiger partial charge on any atom is -0.294 e. The van der Waals surface area contributed by atoms with Gasteiger partial charge in [0.25, 0.3) is 0 Å². The highest BCUT2D eigenvalue weighted by molar-refractivity contribution is 6.31. The Morgan fingerprint density at radius 3 is 2.74 bits per heavy atom. The predicted octanol–water partition coefficient (Wildman–Crippen LogP) is 3.00. The van der Waals surface area contributed by atoms with E-state index >= 15 is 0 Å². The van der Waals surface area contributed by atoms with E-state index in [-0.39, 0.29) is 0 Å². The molecule has 1 aromatic heterocycles. The van der Waals surface area contributed by atoms with Gasteiger partial charge in [0.2, 0.25) is 0 Å². The molecule has 0 spiro atoms. The maximum absolute atomic E-state index is 8.76. The van der Waals surface area contributed by atoms with Crippen molar-refractivity contribution in [2.24, 2.45) is 0 Å². The summed E-state index contributed by atoms with van der Waals surface area (Å²) in [5.41, 5.74) is 2.08. The number of nitrogens with zero attached hydrogens (tertiary/aromatic N) is 4. The summed E-state index contributed by atoms with van der Waals surface area (Å²) in [4.78, 5) is 2.37. The lowest BCUT2D eigenvalue weighted by molar-refractivity contribution is 0.252. The minimum atomic E-state index is 0.578. The van der Waals surface area contributed by atoms with E-state index in [1.165, 1.54) is 12.8 Å². The Morgan fingerprint density at radius 1 is 1.47 bits per heavy atom. The van der Waals surface area contributed by atoms with E-state index in [1.54, 1.807) is 0 Å². The molecule has 104 valence electrons. The van der Waals surface area contributed by atoms with Crippen molar-refractivity contribution in [2.75, 3.05) is 6.54 Å². The van der Waals surface area contributed by atoms with E-state index in [9.17, 15) is 0 Å². The highest BCUT2D eigenvalue weighted by Crippen LogP contribution is 2.30. The molecule has 0 amide bonds. The number of hydrogen-bond acceptors (Lipinski definition) is 3. The molecule has 0 radical (unpaired) electrons. The van der Waals surface area contributed by atoms with Gasteiger partial charge >= 0.3 is 0 Å². The van der Waals surface area contributed by atoms with E-state index < -0.39 is 0 Å². The fraction of sp³-hybridized carbons (Fsp3) is 0.714. The molecule has 0 saturated heterocycles. The Bertz CT molecular complexity index is 471. The zero-order valence-corrected chi connectivity index (χ0v) is 12.4. The van der Waals surface area contributed by atoms with Gasteiger partial charge in [0.05, 0.1) is 22.5 Å². The molecule has 0 aliphatic heterocycles. The van der Waals surface area contributed by atoms with Gasteiger partial charge in [-0.15, -0.1) is 0 Å². The average Bonchev–Trinajstić information content (AvgIpc) is 3.21. The summed E-state index contributed by atoms with van der Waals surface area (Å²) in [5.74, 6) is 0. The second kappa shape index (κ2) is 6.40. The standard InChI is InChI=1S/C14H21ClN4/c1-3-12-14(15)13(19(4-2)17-12)10-18(9-5-8-16)11-6-7-11/h11H,3-7,9-10H2,1-2H3. The Balaban J connectivity index is 2.15. The lowest BCUT2D eigenvalue weighted by atomic mass is 10.2. The van der Waals surface area contributed by atoms with E-state index in [4.69, 9.17) is 16.9 Å². The van der Waals surface area contributed by atoms with Crippen LogP contribution >= 0.6 is 11.6 Å². The molecule has 0 N–H and O–H groups in total. The van der Waals surface area contributed by atoms with E-state index in [2.05, 4.69) is 29.9 Å². The van der Waals surface area contributed by atoms with Gasteiger partial charge in [-0.2, -0.15) is 10.4 Å². The maximum Gasteiger partial charge on any atom is 0.0863 e. The molecule has 1 heterocycles. The molecule has 1 fully saturated rings. The molecule has 0 aromatic carbocycles. The number of aryl methyl sites for hydroxylation is 2. The van der Waals surface area contributed by atoms with Gasteiger partial charge in [0, 0.05) is 32.1 Å². The molecule has 5 heteroatoms. The Morgan fingerprint density at radius 2 is 2.21 bits per heavy atom. The van der Waals surface area contributed by atoms with Crippen LogP contribution in [-0.4, -0.2) is 27.3 Å². The zero-order valence-electron chi connectivity index (χ0n) is 11.7. The van der Waals surface area contributed by atoms with Crippen molar-refractivity contribution in [2.45, 2.75) is 58.7 Å². The first-order chi connectivity index (χ1) is 9.21. The smallest absolute Gasteiger partial charge is 0.0863 e. The first kappa shape index (κ1) is 14.4. The molecule has 4 nitrogen and oxygen atoms in total. The van der Waals surface area contributed by atoms with Crippen molar-refractivity contribution < 1.29 is 0 Å². The summed E-state index contributed by atoms with van der Waals surface area (Å²) < 4.78 is 2.00. The molecule has 1 aliphatic carbocycles. The Kier molecular flexibility index (Phi) is 4.84. The van der Waals surface area contributed by atoms with Crippen molar-refractivity contribution >= 4 is 11.6 Å². The van der Waals surface area contributed by atoms with Crippen molar-refractivity contribution in [1.29, 1.82) is 5.26 Å². The summed E-state index contributed by atoms with van der Waals surface area (Å²) in [6, 6.07) is 2.86. The average molecular weight is 281 g/mol. The van der Waals surface area contributed by atoms with Gasteiger partial charge in [0.15, 0.2) is 0 Å². The van der Waals surface area contributed by atoms with Crippen LogP contribution in [0, 0.1) is 11.3 Å². The first-order valence-electron chi connectivity index (χ1n) is 7.06. The molecule has 0 unspecified atom stereocenters. The zero-order chi connectivity index (χ0) is 13.8. The molecular formula is C14H21ClN4. The largest absolute Gasteiger partial charge is 0.294 e. The van der Waals surface area contributed by atoms with Crippen LogP contribution in [0.15, 0.2) is 0 Å². The number of nitriles is 1. The summed E-state index contributed by atoms with van der Waals surface area (Å²) in [6.07, 6.45) is 3.92. The van der Waals surface area contributed by atoms with Crippen LogP contribution in [0.1, 0.15) is 44.5 Å². The number of aromatic nitrogens is 2. The normalized spacial score (nSPS) is 14.9. The fourth-order valence-electron chi connectivity index (χ4n) is 2.38. The van der Waals surface area contributed by atoms with Gasteiger partial charge in [-0.25, -0.2) is 0 Å². The summed E-state index contributed by atoms with van der Waals surface area (Å²) in [5, 5.41) is 14.1. The SMILES string of the molecule is CCc1nn(CC)c(CN(CCC#N)C2CC2)c1Cl. The van der Waals surface area contributed by atoms with Crippen LogP contribution in [0.25, 0.3) is 0 Å². The third kappa shape index (κ3) is 3.29. The number of rotatable bonds is 7. The van der Waals surface area contributed by atoms with Crippen LogP contribution in [-0.2, 0) is 19.5 Å². The highest BCUT2D eigenvalue weighted by Gasteiger charge is 2.30. The van der Waals surface area contributed by atoms with E-state index in [1.807, 2.05) is 4.68 Å². The molecule has 1 saturated carbocycles. The van der Waals surface area contributed by atoms with Gasteiger partial charge < -0.3 is 0 Å². The monoisotopic (exact) mass is 280 g/mol. The topological polar surface area (TPSA) is 44.9 Å². The van der Waals surface area contributed by atoms with Crippen molar-refractivity contribution in [3.8, 4) is 6.07 Å². The predicted molar refractivity (Wildman–Crippen MR) is 76.0 cm³/mol. The highest BCUT2D eigenvalue weighted by atomic mass is 35.5. The first-order valence-corrected chi connectivity index (χ1v) is 7.44. The van der Waals surface area contributed by atoms with Crippen LogP contribution in [0.5, 0.6) is 0 Å². The van der Waals surface area contributed by atoms with Crippen LogP contribution in [0.3, 0.4) is 0 Å². The third-order valence-electron chi connectivity index (χ3n) is 3.62. The van der Waals surface area contributed by atoms with Crippen molar-refractivity contribution in [3.63, 3.8) is 0 Å². The van der Waals surface area contributed by atoms with Crippen molar-refractivity contribution in [1.82, 2.24) is 14.7 Å².